The number of nitrogens with one attached hydrogen (secondary N) is 1. The SMILES string of the molecule is CCNC(C#N)(CN1C(=O)CC(C)(C)C1=O)C1CC1. The minimum Gasteiger partial charge on any atom is -0.298 e. The van der Waals surface area contributed by atoms with Gasteiger partial charge in [0.25, 0.3) is 0 Å². The van der Waals surface area contributed by atoms with Gasteiger partial charge in [0, 0.05) is 6.42 Å². The van der Waals surface area contributed by atoms with Crippen molar-refractivity contribution in [3.63, 3.8) is 0 Å². The highest BCUT2D eigenvalue weighted by atomic mass is 16.2. The van der Waals surface area contributed by atoms with E-state index in [2.05, 4.69) is 11.4 Å². The molecule has 0 aromatic heterocycles. The summed E-state index contributed by atoms with van der Waals surface area (Å²) in [5.74, 6) is -0.0642. The summed E-state index contributed by atoms with van der Waals surface area (Å²) in [5, 5.41) is 12.7. The molecule has 1 saturated carbocycles. The molecule has 0 aromatic carbocycles. The third kappa shape index (κ3) is 2.37. The van der Waals surface area contributed by atoms with Crippen molar-refractivity contribution in [2.75, 3.05) is 13.1 Å². The van der Waals surface area contributed by atoms with Gasteiger partial charge in [-0.1, -0.05) is 20.8 Å². The lowest BCUT2D eigenvalue weighted by Gasteiger charge is -2.31. The van der Waals surface area contributed by atoms with Crippen LogP contribution < -0.4 is 5.32 Å². The predicted molar refractivity (Wildman–Crippen MR) is 69.9 cm³/mol. The molecular formula is C14H21N3O2. The van der Waals surface area contributed by atoms with Gasteiger partial charge in [-0.05, 0) is 25.3 Å². The first-order chi connectivity index (χ1) is 8.86. The van der Waals surface area contributed by atoms with Crippen LogP contribution in [0.5, 0.6) is 0 Å². The van der Waals surface area contributed by atoms with Gasteiger partial charge in [0.15, 0.2) is 0 Å². The molecule has 1 saturated heterocycles. The molecular weight excluding hydrogens is 242 g/mol. The summed E-state index contributed by atoms with van der Waals surface area (Å²) in [6.45, 7) is 6.34. The molecule has 0 spiro atoms. The van der Waals surface area contributed by atoms with Gasteiger partial charge < -0.3 is 0 Å². The van der Waals surface area contributed by atoms with Gasteiger partial charge in [0.05, 0.1) is 18.0 Å². The molecule has 1 atom stereocenters. The van der Waals surface area contributed by atoms with Gasteiger partial charge in [-0.15, -0.1) is 0 Å². The van der Waals surface area contributed by atoms with E-state index in [0.717, 1.165) is 12.8 Å². The van der Waals surface area contributed by atoms with Crippen LogP contribution in [-0.2, 0) is 9.59 Å². The van der Waals surface area contributed by atoms with Crippen LogP contribution in [0.15, 0.2) is 0 Å². The van der Waals surface area contributed by atoms with E-state index in [1.807, 2.05) is 6.92 Å². The fraction of sp³-hybridized carbons (Fsp3) is 0.786. The van der Waals surface area contributed by atoms with Crippen molar-refractivity contribution in [1.82, 2.24) is 10.2 Å². The summed E-state index contributed by atoms with van der Waals surface area (Å²) in [6, 6.07) is 2.32. The Balaban J connectivity index is 2.21. The van der Waals surface area contributed by atoms with E-state index < -0.39 is 11.0 Å². The van der Waals surface area contributed by atoms with Crippen LogP contribution in [0.4, 0.5) is 0 Å². The highest BCUT2D eigenvalue weighted by Crippen LogP contribution is 2.41. The number of nitrogens with zero attached hydrogens (tertiary/aromatic N) is 2. The Morgan fingerprint density at radius 3 is 2.47 bits per heavy atom. The van der Waals surface area contributed by atoms with Crippen molar-refractivity contribution in [2.24, 2.45) is 11.3 Å². The molecule has 0 aromatic rings. The summed E-state index contributed by atoms with van der Waals surface area (Å²) in [4.78, 5) is 25.5. The summed E-state index contributed by atoms with van der Waals surface area (Å²) in [6.07, 6.45) is 2.21. The largest absolute Gasteiger partial charge is 0.298 e. The van der Waals surface area contributed by atoms with Gasteiger partial charge in [-0.3, -0.25) is 19.8 Å². The number of imide groups is 1. The van der Waals surface area contributed by atoms with Gasteiger partial charge in [-0.2, -0.15) is 5.26 Å². The van der Waals surface area contributed by atoms with E-state index in [1.54, 1.807) is 13.8 Å². The molecule has 1 N–H and O–H groups in total. The van der Waals surface area contributed by atoms with Crippen LogP contribution in [0.25, 0.3) is 0 Å². The average Bonchev–Trinajstić information content (AvgIpc) is 3.14. The number of carbonyl (C=O) groups excluding carboxylic acids is 2. The molecule has 5 heteroatoms. The fourth-order valence-electron chi connectivity index (χ4n) is 2.82. The van der Waals surface area contributed by atoms with Crippen LogP contribution in [0.3, 0.4) is 0 Å². The Kier molecular flexibility index (Phi) is 3.40. The number of hydrogen-bond donors (Lipinski definition) is 1. The second kappa shape index (κ2) is 4.61. The van der Waals surface area contributed by atoms with E-state index in [1.165, 1.54) is 4.90 Å². The number of carbonyl (C=O) groups is 2. The number of amides is 2. The first kappa shape index (κ1) is 14.0. The van der Waals surface area contributed by atoms with Crippen molar-refractivity contribution in [3.05, 3.63) is 0 Å². The maximum absolute atomic E-state index is 12.2. The predicted octanol–water partition coefficient (Wildman–Crippen LogP) is 1.05. The number of rotatable bonds is 5. The first-order valence-corrected chi connectivity index (χ1v) is 6.87. The van der Waals surface area contributed by atoms with Crippen LogP contribution >= 0.6 is 0 Å². The van der Waals surface area contributed by atoms with E-state index >= 15 is 0 Å². The third-order valence-corrected chi connectivity index (χ3v) is 4.09. The molecule has 104 valence electrons. The Morgan fingerprint density at radius 2 is 2.11 bits per heavy atom. The third-order valence-electron chi connectivity index (χ3n) is 4.09. The molecule has 2 rings (SSSR count). The number of nitriles is 1. The Bertz CT molecular complexity index is 448. The van der Waals surface area contributed by atoms with Crippen molar-refractivity contribution in [2.45, 2.75) is 45.6 Å². The summed E-state index contributed by atoms with van der Waals surface area (Å²) < 4.78 is 0. The summed E-state index contributed by atoms with van der Waals surface area (Å²) in [7, 11) is 0. The molecule has 0 radical (unpaired) electrons. The zero-order chi connectivity index (χ0) is 14.3. The lowest BCUT2D eigenvalue weighted by atomic mass is 9.91. The maximum atomic E-state index is 12.2. The van der Waals surface area contributed by atoms with Crippen molar-refractivity contribution in [3.8, 4) is 6.07 Å². The van der Waals surface area contributed by atoms with E-state index in [9.17, 15) is 14.9 Å². The molecule has 1 aliphatic heterocycles. The Labute approximate surface area is 113 Å². The van der Waals surface area contributed by atoms with Crippen molar-refractivity contribution < 1.29 is 9.59 Å². The summed E-state index contributed by atoms with van der Waals surface area (Å²) >= 11 is 0. The molecule has 19 heavy (non-hydrogen) atoms. The number of likely N-dealkylation sites (tertiary alicyclic amines) is 1. The van der Waals surface area contributed by atoms with E-state index in [0.29, 0.717) is 6.54 Å². The molecule has 1 unspecified atom stereocenters. The minimum atomic E-state index is -0.763. The van der Waals surface area contributed by atoms with Gasteiger partial charge in [0.1, 0.15) is 5.54 Å². The second-order valence-corrected chi connectivity index (χ2v) is 6.23. The van der Waals surface area contributed by atoms with E-state index in [-0.39, 0.29) is 30.7 Å². The van der Waals surface area contributed by atoms with Crippen LogP contribution in [0.1, 0.15) is 40.0 Å². The first-order valence-electron chi connectivity index (χ1n) is 6.87. The number of hydrogen-bond acceptors (Lipinski definition) is 4. The zero-order valence-corrected chi connectivity index (χ0v) is 11.8. The van der Waals surface area contributed by atoms with Gasteiger partial charge in [0.2, 0.25) is 11.8 Å². The Morgan fingerprint density at radius 1 is 1.47 bits per heavy atom. The highest BCUT2D eigenvalue weighted by Gasteiger charge is 2.52. The standard InChI is InChI=1S/C14H21N3O2/c1-4-16-14(8-15,10-5-6-10)9-17-11(18)7-13(2,3)12(17)19/h10,16H,4-7,9H2,1-3H3. The zero-order valence-electron chi connectivity index (χ0n) is 11.8. The minimum absolute atomic E-state index is 0.157. The molecule has 1 aliphatic carbocycles. The highest BCUT2D eigenvalue weighted by molar-refractivity contribution is 6.05. The van der Waals surface area contributed by atoms with Crippen molar-refractivity contribution in [1.29, 1.82) is 5.26 Å². The van der Waals surface area contributed by atoms with Crippen LogP contribution in [0.2, 0.25) is 0 Å². The fourth-order valence-corrected chi connectivity index (χ4v) is 2.82. The molecule has 2 amide bonds. The molecule has 1 heterocycles. The van der Waals surface area contributed by atoms with E-state index in [4.69, 9.17) is 0 Å². The topological polar surface area (TPSA) is 73.2 Å². The molecule has 2 aliphatic rings. The molecule has 0 bridgehead atoms. The Hall–Kier alpha value is -1.41. The average molecular weight is 263 g/mol. The summed E-state index contributed by atoms with van der Waals surface area (Å²) in [5.41, 5.74) is -1.39. The van der Waals surface area contributed by atoms with Gasteiger partial charge in [-0.25, -0.2) is 0 Å². The molecule has 2 fully saturated rings. The smallest absolute Gasteiger partial charge is 0.235 e. The normalized spacial score (nSPS) is 25.3. The van der Waals surface area contributed by atoms with Crippen molar-refractivity contribution >= 4 is 11.8 Å². The van der Waals surface area contributed by atoms with Crippen LogP contribution in [-0.4, -0.2) is 35.3 Å². The molecule has 5 nitrogen and oxygen atoms in total. The quantitative estimate of drug-likeness (QED) is 0.753. The van der Waals surface area contributed by atoms with Crippen LogP contribution in [0, 0.1) is 22.7 Å². The maximum Gasteiger partial charge on any atom is 0.235 e. The lowest BCUT2D eigenvalue weighted by molar-refractivity contribution is -0.141. The second-order valence-electron chi connectivity index (χ2n) is 6.23. The lowest BCUT2D eigenvalue weighted by Crippen LogP contribution is -2.55. The van der Waals surface area contributed by atoms with Gasteiger partial charge >= 0.3 is 0 Å². The monoisotopic (exact) mass is 263 g/mol. The number of likely N-dealkylation sites (N-methyl/N-ethyl adjacent to an activating group) is 1.